The van der Waals surface area contributed by atoms with E-state index in [4.69, 9.17) is 21.1 Å². The third-order valence-electron chi connectivity index (χ3n) is 2.76. The Kier molecular flexibility index (Phi) is 5.47. The van der Waals surface area contributed by atoms with Gasteiger partial charge in [0.25, 0.3) is 0 Å². The zero-order chi connectivity index (χ0) is 14.6. The first-order valence-corrected chi connectivity index (χ1v) is 6.95. The van der Waals surface area contributed by atoms with Crippen LogP contribution < -0.4 is 0 Å². The van der Waals surface area contributed by atoms with E-state index < -0.39 is 11.2 Å². The fourth-order valence-corrected chi connectivity index (χ4v) is 1.97. The van der Waals surface area contributed by atoms with E-state index in [-0.39, 0.29) is 18.0 Å². The highest BCUT2D eigenvalue weighted by molar-refractivity contribution is 6.19. The molecule has 0 saturated carbocycles. The van der Waals surface area contributed by atoms with E-state index in [0.29, 0.717) is 25.9 Å². The summed E-state index contributed by atoms with van der Waals surface area (Å²) in [5.41, 5.74) is -1.11. The Morgan fingerprint density at radius 2 is 1.79 bits per heavy atom. The summed E-state index contributed by atoms with van der Waals surface area (Å²) in [6, 6.07) is 0. The fraction of sp³-hybridized carbons (Fsp3) is 0.846. The second-order valence-corrected chi connectivity index (χ2v) is 6.34. The van der Waals surface area contributed by atoms with E-state index >= 15 is 0 Å². The summed E-state index contributed by atoms with van der Waals surface area (Å²) in [5.74, 6) is -0.466. The predicted molar refractivity (Wildman–Crippen MR) is 71.9 cm³/mol. The number of amides is 1. The molecule has 0 aromatic rings. The minimum atomic E-state index is -0.614. The van der Waals surface area contributed by atoms with Crippen LogP contribution in [0.3, 0.4) is 0 Å². The molecular weight excluding hydrogens is 270 g/mol. The van der Waals surface area contributed by atoms with E-state index in [1.165, 1.54) is 0 Å². The number of hydrogen-bond donors (Lipinski definition) is 0. The van der Waals surface area contributed by atoms with E-state index in [0.717, 1.165) is 0 Å². The van der Waals surface area contributed by atoms with Gasteiger partial charge in [-0.1, -0.05) is 11.6 Å². The zero-order valence-corrected chi connectivity index (χ0v) is 12.7. The molecule has 0 spiro atoms. The standard InChI is InChI=1S/C13H22ClNO4/c1-9(14)18-11(16)10-5-7-15(8-6-10)12(17)19-13(2,3)4/h9-10H,5-8H2,1-4H3. The second-order valence-electron chi connectivity index (χ2n) is 5.72. The number of alkyl halides is 1. The first kappa shape index (κ1) is 16.1. The van der Waals surface area contributed by atoms with Gasteiger partial charge in [-0.15, -0.1) is 0 Å². The monoisotopic (exact) mass is 291 g/mol. The lowest BCUT2D eigenvalue weighted by Crippen LogP contribution is -2.43. The average molecular weight is 292 g/mol. The Labute approximate surface area is 119 Å². The quantitative estimate of drug-likeness (QED) is 0.580. The number of piperidine rings is 1. The molecule has 0 radical (unpaired) electrons. The van der Waals surface area contributed by atoms with Crippen LogP contribution in [-0.4, -0.2) is 41.2 Å². The van der Waals surface area contributed by atoms with Crippen LogP contribution in [0, 0.1) is 5.92 Å². The van der Waals surface area contributed by atoms with Crippen molar-refractivity contribution in [3.63, 3.8) is 0 Å². The lowest BCUT2D eigenvalue weighted by atomic mass is 9.97. The van der Waals surface area contributed by atoms with Crippen molar-refractivity contribution in [1.29, 1.82) is 0 Å². The van der Waals surface area contributed by atoms with Gasteiger partial charge in [0, 0.05) is 13.1 Å². The van der Waals surface area contributed by atoms with Gasteiger partial charge in [-0.3, -0.25) is 4.79 Å². The Morgan fingerprint density at radius 3 is 2.21 bits per heavy atom. The van der Waals surface area contributed by atoms with Gasteiger partial charge in [0.15, 0.2) is 5.56 Å². The molecule has 110 valence electrons. The average Bonchev–Trinajstić information content (AvgIpc) is 2.26. The van der Waals surface area contributed by atoms with Gasteiger partial charge in [-0.2, -0.15) is 0 Å². The van der Waals surface area contributed by atoms with Gasteiger partial charge in [-0.05, 0) is 40.5 Å². The SMILES string of the molecule is CC(Cl)OC(=O)C1CCN(C(=O)OC(C)(C)C)CC1. The van der Waals surface area contributed by atoms with Crippen LogP contribution >= 0.6 is 11.6 Å². The maximum absolute atomic E-state index is 11.8. The largest absolute Gasteiger partial charge is 0.446 e. The van der Waals surface area contributed by atoms with Crippen LogP contribution in [0.15, 0.2) is 0 Å². The summed E-state index contributed by atoms with van der Waals surface area (Å²) in [7, 11) is 0. The molecule has 1 heterocycles. The zero-order valence-electron chi connectivity index (χ0n) is 11.9. The van der Waals surface area contributed by atoms with Crippen LogP contribution in [0.4, 0.5) is 4.79 Å². The number of carbonyl (C=O) groups is 2. The maximum atomic E-state index is 11.8. The van der Waals surface area contributed by atoms with Gasteiger partial charge in [-0.25, -0.2) is 4.79 Å². The second kappa shape index (κ2) is 6.46. The third-order valence-corrected chi connectivity index (χ3v) is 2.85. The van der Waals surface area contributed by atoms with Crippen LogP contribution in [0.2, 0.25) is 0 Å². The van der Waals surface area contributed by atoms with Crippen LogP contribution in [0.1, 0.15) is 40.5 Å². The summed E-state index contributed by atoms with van der Waals surface area (Å²) in [6.07, 6.45) is 0.841. The minimum absolute atomic E-state index is 0.181. The molecule has 1 saturated heterocycles. The topological polar surface area (TPSA) is 55.8 Å². The van der Waals surface area contributed by atoms with Gasteiger partial charge in [0.2, 0.25) is 0 Å². The molecule has 0 aliphatic carbocycles. The smallest absolute Gasteiger partial charge is 0.410 e. The lowest BCUT2D eigenvalue weighted by molar-refractivity contribution is -0.151. The third kappa shape index (κ3) is 5.68. The summed E-state index contributed by atoms with van der Waals surface area (Å²) in [5, 5.41) is 0. The Bertz CT molecular complexity index is 330. The van der Waals surface area contributed by atoms with Crippen molar-refractivity contribution in [2.24, 2.45) is 5.92 Å². The molecule has 1 aliphatic heterocycles. The van der Waals surface area contributed by atoms with Gasteiger partial charge >= 0.3 is 12.1 Å². The minimum Gasteiger partial charge on any atom is -0.446 e. The summed E-state index contributed by atoms with van der Waals surface area (Å²) < 4.78 is 10.2. The van der Waals surface area contributed by atoms with Gasteiger partial charge < -0.3 is 14.4 Å². The van der Waals surface area contributed by atoms with Gasteiger partial charge in [0.1, 0.15) is 5.60 Å². The molecule has 1 amide bonds. The molecule has 1 atom stereocenters. The molecule has 6 heteroatoms. The lowest BCUT2D eigenvalue weighted by Gasteiger charge is -2.32. The molecule has 19 heavy (non-hydrogen) atoms. The van der Waals surface area contributed by atoms with Crippen molar-refractivity contribution in [3.05, 3.63) is 0 Å². The Morgan fingerprint density at radius 1 is 1.26 bits per heavy atom. The van der Waals surface area contributed by atoms with Crippen molar-refractivity contribution in [2.45, 2.75) is 51.7 Å². The van der Waals surface area contributed by atoms with E-state index in [1.807, 2.05) is 20.8 Å². The first-order chi connectivity index (χ1) is 8.69. The Balaban J connectivity index is 2.40. The number of esters is 1. The highest BCUT2D eigenvalue weighted by Crippen LogP contribution is 2.21. The van der Waals surface area contributed by atoms with E-state index in [9.17, 15) is 9.59 Å². The molecule has 1 unspecified atom stereocenters. The molecule has 0 aromatic heterocycles. The number of rotatable bonds is 2. The fourth-order valence-electron chi connectivity index (χ4n) is 1.88. The molecule has 0 bridgehead atoms. The van der Waals surface area contributed by atoms with Crippen molar-refractivity contribution in [3.8, 4) is 0 Å². The number of halogens is 1. The molecule has 0 N–H and O–H groups in total. The highest BCUT2D eigenvalue weighted by Gasteiger charge is 2.31. The van der Waals surface area contributed by atoms with Gasteiger partial charge in [0.05, 0.1) is 5.92 Å². The molecule has 1 fully saturated rings. The summed E-state index contributed by atoms with van der Waals surface area (Å²) in [4.78, 5) is 25.1. The number of likely N-dealkylation sites (tertiary alicyclic amines) is 1. The van der Waals surface area contributed by atoms with Crippen molar-refractivity contribution in [1.82, 2.24) is 4.90 Å². The first-order valence-electron chi connectivity index (χ1n) is 6.51. The normalized spacial score (nSPS) is 18.9. The highest BCUT2D eigenvalue weighted by atomic mass is 35.5. The molecule has 1 rings (SSSR count). The predicted octanol–water partition coefficient (Wildman–Crippen LogP) is 2.76. The Hall–Kier alpha value is -0.970. The molecular formula is C13H22ClNO4. The molecule has 5 nitrogen and oxygen atoms in total. The number of carbonyl (C=O) groups excluding carboxylic acids is 2. The van der Waals surface area contributed by atoms with E-state index in [1.54, 1.807) is 11.8 Å². The summed E-state index contributed by atoms with van der Waals surface area (Å²) in [6.45, 7) is 8.11. The van der Waals surface area contributed by atoms with Crippen molar-refractivity contribution < 1.29 is 19.1 Å². The number of hydrogen-bond acceptors (Lipinski definition) is 4. The molecule has 0 aromatic carbocycles. The number of ether oxygens (including phenoxy) is 2. The van der Waals surface area contributed by atoms with Crippen molar-refractivity contribution in [2.75, 3.05) is 13.1 Å². The van der Waals surface area contributed by atoms with Crippen LogP contribution in [-0.2, 0) is 14.3 Å². The molecule has 1 aliphatic rings. The van der Waals surface area contributed by atoms with Crippen LogP contribution in [0.5, 0.6) is 0 Å². The van der Waals surface area contributed by atoms with Crippen molar-refractivity contribution >= 4 is 23.7 Å². The van der Waals surface area contributed by atoms with Crippen LogP contribution in [0.25, 0.3) is 0 Å². The number of nitrogens with zero attached hydrogens (tertiary/aromatic N) is 1. The van der Waals surface area contributed by atoms with E-state index in [2.05, 4.69) is 0 Å². The maximum Gasteiger partial charge on any atom is 0.410 e. The summed E-state index contributed by atoms with van der Waals surface area (Å²) >= 11 is 5.62.